The van der Waals surface area contributed by atoms with Crippen molar-refractivity contribution in [3.05, 3.63) is 18.0 Å². The molecule has 0 spiro atoms. The maximum Gasteiger partial charge on any atom is 0.306 e. The second-order valence-corrected chi connectivity index (χ2v) is 8.02. The van der Waals surface area contributed by atoms with Gasteiger partial charge in [0.1, 0.15) is 6.61 Å². The van der Waals surface area contributed by atoms with Gasteiger partial charge < -0.3 is 10.1 Å². The summed E-state index contributed by atoms with van der Waals surface area (Å²) in [4.78, 5) is 23.4. The lowest BCUT2D eigenvalue weighted by Crippen LogP contribution is -2.36. The van der Waals surface area contributed by atoms with Gasteiger partial charge >= 0.3 is 5.97 Å². The van der Waals surface area contributed by atoms with E-state index >= 15 is 0 Å². The molecule has 0 aliphatic heterocycles. The standard InChI is InChI=1S/C17H29N3O3/c1-16(2,3)9-14(21)23-12-13-10-19-20(11-13)8-7-18-15(22)17(4,5)6/h10-11H,7-9,12H2,1-6H3,(H,18,22). The molecule has 130 valence electrons. The van der Waals surface area contributed by atoms with Gasteiger partial charge in [-0.1, -0.05) is 41.5 Å². The minimum absolute atomic E-state index is 0.0148. The minimum Gasteiger partial charge on any atom is -0.461 e. The van der Waals surface area contributed by atoms with Crippen LogP contribution in [0, 0.1) is 10.8 Å². The van der Waals surface area contributed by atoms with Gasteiger partial charge in [-0.15, -0.1) is 0 Å². The Kier molecular flexibility index (Phi) is 6.36. The Morgan fingerprint density at radius 2 is 1.87 bits per heavy atom. The summed E-state index contributed by atoms with van der Waals surface area (Å²) < 4.78 is 6.97. The smallest absolute Gasteiger partial charge is 0.306 e. The second-order valence-electron chi connectivity index (χ2n) is 8.02. The number of rotatable bonds is 6. The van der Waals surface area contributed by atoms with E-state index in [2.05, 4.69) is 10.4 Å². The summed E-state index contributed by atoms with van der Waals surface area (Å²) in [6, 6.07) is 0. The summed E-state index contributed by atoms with van der Waals surface area (Å²) in [5.41, 5.74) is 0.373. The summed E-state index contributed by atoms with van der Waals surface area (Å²) in [6.07, 6.45) is 3.89. The van der Waals surface area contributed by atoms with Crippen LogP contribution in [0.2, 0.25) is 0 Å². The molecule has 0 saturated heterocycles. The molecular formula is C17H29N3O3. The summed E-state index contributed by atoms with van der Waals surface area (Å²) in [6.45, 7) is 12.9. The van der Waals surface area contributed by atoms with E-state index < -0.39 is 5.41 Å². The zero-order chi connectivity index (χ0) is 17.7. The predicted molar refractivity (Wildman–Crippen MR) is 88.6 cm³/mol. The molecular weight excluding hydrogens is 294 g/mol. The fraction of sp³-hybridized carbons (Fsp3) is 0.706. The monoisotopic (exact) mass is 323 g/mol. The van der Waals surface area contributed by atoms with Crippen molar-refractivity contribution in [2.75, 3.05) is 6.54 Å². The zero-order valence-electron chi connectivity index (χ0n) is 15.1. The third kappa shape index (κ3) is 7.81. The number of hydrogen-bond acceptors (Lipinski definition) is 4. The van der Waals surface area contributed by atoms with Crippen LogP contribution in [0.5, 0.6) is 0 Å². The molecule has 6 nitrogen and oxygen atoms in total. The number of hydrogen-bond donors (Lipinski definition) is 1. The third-order valence-electron chi connectivity index (χ3n) is 3.07. The molecule has 6 heteroatoms. The summed E-state index contributed by atoms with van der Waals surface area (Å²) in [7, 11) is 0. The molecule has 0 atom stereocenters. The summed E-state index contributed by atoms with van der Waals surface area (Å²) in [5.74, 6) is -0.191. The van der Waals surface area contributed by atoms with Crippen molar-refractivity contribution >= 4 is 11.9 Å². The van der Waals surface area contributed by atoms with E-state index in [-0.39, 0.29) is 23.9 Å². The summed E-state index contributed by atoms with van der Waals surface area (Å²) >= 11 is 0. The SMILES string of the molecule is CC(C)(C)CC(=O)OCc1cnn(CCNC(=O)C(C)(C)C)c1. The van der Waals surface area contributed by atoms with Gasteiger partial charge in [0.2, 0.25) is 5.91 Å². The molecule has 0 aliphatic carbocycles. The van der Waals surface area contributed by atoms with E-state index in [9.17, 15) is 9.59 Å². The number of aromatic nitrogens is 2. The molecule has 1 amide bonds. The first-order valence-corrected chi connectivity index (χ1v) is 7.93. The molecule has 0 saturated carbocycles. The Morgan fingerprint density at radius 1 is 1.22 bits per heavy atom. The highest BCUT2D eigenvalue weighted by Gasteiger charge is 2.20. The molecule has 0 aliphatic rings. The van der Waals surface area contributed by atoms with Gasteiger partial charge in [-0.3, -0.25) is 14.3 Å². The van der Waals surface area contributed by atoms with E-state index in [4.69, 9.17) is 4.74 Å². The summed E-state index contributed by atoms with van der Waals surface area (Å²) in [5, 5.41) is 7.07. The highest BCUT2D eigenvalue weighted by Crippen LogP contribution is 2.19. The minimum atomic E-state index is -0.392. The molecule has 23 heavy (non-hydrogen) atoms. The van der Waals surface area contributed by atoms with E-state index in [0.717, 1.165) is 5.56 Å². The lowest BCUT2D eigenvalue weighted by atomic mass is 9.92. The second kappa shape index (κ2) is 7.62. The Labute approximate surface area is 138 Å². The molecule has 1 N–H and O–H groups in total. The number of carbonyl (C=O) groups is 2. The molecule has 1 aromatic rings. The van der Waals surface area contributed by atoms with Crippen LogP contribution in [-0.4, -0.2) is 28.2 Å². The van der Waals surface area contributed by atoms with E-state index in [1.165, 1.54) is 0 Å². The Bertz CT molecular complexity index is 536. The van der Waals surface area contributed by atoms with E-state index in [1.54, 1.807) is 10.9 Å². The maximum atomic E-state index is 11.8. The van der Waals surface area contributed by atoms with Crippen molar-refractivity contribution in [2.45, 2.75) is 61.1 Å². The third-order valence-corrected chi connectivity index (χ3v) is 3.07. The van der Waals surface area contributed by atoms with Crippen molar-refractivity contribution in [3.8, 4) is 0 Å². The normalized spacial score (nSPS) is 12.1. The number of carbonyl (C=O) groups excluding carboxylic acids is 2. The Hall–Kier alpha value is -1.85. The van der Waals surface area contributed by atoms with Gasteiger partial charge in [0, 0.05) is 23.7 Å². The molecule has 0 fully saturated rings. The fourth-order valence-corrected chi connectivity index (χ4v) is 1.80. The van der Waals surface area contributed by atoms with Gasteiger partial charge in [0.25, 0.3) is 0 Å². The lowest BCUT2D eigenvalue weighted by Gasteiger charge is -2.17. The average Bonchev–Trinajstić information content (AvgIpc) is 2.81. The van der Waals surface area contributed by atoms with Crippen molar-refractivity contribution in [2.24, 2.45) is 10.8 Å². The Balaban J connectivity index is 2.35. The van der Waals surface area contributed by atoms with Crippen LogP contribution in [0.1, 0.15) is 53.5 Å². The highest BCUT2D eigenvalue weighted by atomic mass is 16.5. The average molecular weight is 323 g/mol. The zero-order valence-corrected chi connectivity index (χ0v) is 15.1. The molecule has 1 aromatic heterocycles. The van der Waals surface area contributed by atoms with E-state index in [1.807, 2.05) is 47.7 Å². The number of esters is 1. The van der Waals surface area contributed by atoms with Crippen LogP contribution in [0.25, 0.3) is 0 Å². The van der Waals surface area contributed by atoms with Crippen molar-refractivity contribution in [1.82, 2.24) is 15.1 Å². The van der Waals surface area contributed by atoms with Crippen LogP contribution in [0.3, 0.4) is 0 Å². The van der Waals surface area contributed by atoms with Crippen LogP contribution < -0.4 is 5.32 Å². The first-order valence-electron chi connectivity index (χ1n) is 7.93. The molecule has 0 unspecified atom stereocenters. The molecule has 0 radical (unpaired) electrons. The van der Waals surface area contributed by atoms with Crippen LogP contribution in [-0.2, 0) is 27.5 Å². The van der Waals surface area contributed by atoms with Gasteiger partial charge in [0.15, 0.2) is 0 Å². The van der Waals surface area contributed by atoms with Gasteiger partial charge in [-0.25, -0.2) is 0 Å². The number of nitrogens with zero attached hydrogens (tertiary/aromatic N) is 2. The quantitative estimate of drug-likeness (QED) is 0.817. The first kappa shape index (κ1) is 19.2. The molecule has 1 rings (SSSR count). The van der Waals surface area contributed by atoms with Crippen molar-refractivity contribution < 1.29 is 14.3 Å². The van der Waals surface area contributed by atoms with Crippen LogP contribution in [0.4, 0.5) is 0 Å². The fourth-order valence-electron chi connectivity index (χ4n) is 1.80. The van der Waals surface area contributed by atoms with Gasteiger partial charge in [0.05, 0.1) is 19.2 Å². The first-order chi connectivity index (χ1) is 10.5. The van der Waals surface area contributed by atoms with Crippen molar-refractivity contribution in [1.29, 1.82) is 0 Å². The number of nitrogens with one attached hydrogen (secondary N) is 1. The Morgan fingerprint density at radius 3 is 2.43 bits per heavy atom. The number of ether oxygens (including phenoxy) is 1. The van der Waals surface area contributed by atoms with Gasteiger partial charge in [-0.05, 0) is 5.41 Å². The molecule has 0 bridgehead atoms. The molecule has 0 aromatic carbocycles. The maximum absolute atomic E-state index is 11.8. The van der Waals surface area contributed by atoms with Crippen molar-refractivity contribution in [3.63, 3.8) is 0 Å². The van der Waals surface area contributed by atoms with Crippen LogP contribution in [0.15, 0.2) is 12.4 Å². The van der Waals surface area contributed by atoms with Crippen LogP contribution >= 0.6 is 0 Å². The van der Waals surface area contributed by atoms with E-state index in [0.29, 0.717) is 19.5 Å². The van der Waals surface area contributed by atoms with Gasteiger partial charge in [-0.2, -0.15) is 5.10 Å². The molecule has 1 heterocycles. The topological polar surface area (TPSA) is 73.2 Å². The largest absolute Gasteiger partial charge is 0.461 e. The lowest BCUT2D eigenvalue weighted by molar-refractivity contribution is -0.147. The number of amides is 1. The highest BCUT2D eigenvalue weighted by molar-refractivity contribution is 5.81. The predicted octanol–water partition coefficient (Wildman–Crippen LogP) is 2.52.